The minimum Gasteiger partial charge on any atom is -0.396 e. The number of nitriles is 1. The maximum atomic E-state index is 9.09. The summed E-state index contributed by atoms with van der Waals surface area (Å²) in [6.45, 7) is 4.22. The number of aliphatic hydroxyl groups excluding tert-OH is 1. The molecule has 1 aliphatic rings. The maximum Gasteiger partial charge on any atom is 0.127 e. The summed E-state index contributed by atoms with van der Waals surface area (Å²) in [5.74, 6) is 1.24. The molecular formula is C14H20N4O. The SMILES string of the molecule is N#Cc1ccnc(NCCN2CCC(CO)CC2)c1. The Morgan fingerprint density at radius 3 is 2.95 bits per heavy atom. The molecule has 0 amide bonds. The zero-order chi connectivity index (χ0) is 13.5. The van der Waals surface area contributed by atoms with Crippen molar-refractivity contribution in [1.82, 2.24) is 9.88 Å². The van der Waals surface area contributed by atoms with E-state index in [0.717, 1.165) is 44.8 Å². The number of anilines is 1. The molecule has 2 N–H and O–H groups in total. The van der Waals surface area contributed by atoms with E-state index < -0.39 is 0 Å². The number of aliphatic hydroxyl groups is 1. The van der Waals surface area contributed by atoms with Gasteiger partial charge in [0.2, 0.25) is 0 Å². The number of nitrogens with one attached hydrogen (secondary N) is 1. The number of hydrogen-bond acceptors (Lipinski definition) is 5. The van der Waals surface area contributed by atoms with E-state index >= 15 is 0 Å². The average Bonchev–Trinajstić information content (AvgIpc) is 2.48. The molecule has 2 heterocycles. The molecule has 102 valence electrons. The number of pyridine rings is 1. The predicted molar refractivity (Wildman–Crippen MR) is 73.7 cm³/mol. The summed E-state index contributed by atoms with van der Waals surface area (Å²) in [6, 6.07) is 5.57. The van der Waals surface area contributed by atoms with Crippen molar-refractivity contribution in [2.45, 2.75) is 12.8 Å². The van der Waals surface area contributed by atoms with Gasteiger partial charge in [-0.3, -0.25) is 0 Å². The lowest BCUT2D eigenvalue weighted by atomic mass is 9.98. The van der Waals surface area contributed by atoms with Crippen LogP contribution in [0.4, 0.5) is 5.82 Å². The van der Waals surface area contributed by atoms with Gasteiger partial charge in [-0.25, -0.2) is 4.98 Å². The van der Waals surface area contributed by atoms with Crippen LogP contribution in [0.15, 0.2) is 18.3 Å². The van der Waals surface area contributed by atoms with Gasteiger partial charge in [-0.15, -0.1) is 0 Å². The van der Waals surface area contributed by atoms with E-state index in [1.807, 2.05) is 0 Å². The topological polar surface area (TPSA) is 72.2 Å². The second kappa shape index (κ2) is 7.07. The third kappa shape index (κ3) is 4.19. The van der Waals surface area contributed by atoms with Gasteiger partial charge in [0.15, 0.2) is 0 Å². The van der Waals surface area contributed by atoms with E-state index in [0.29, 0.717) is 18.1 Å². The van der Waals surface area contributed by atoms with Gasteiger partial charge in [-0.2, -0.15) is 5.26 Å². The molecule has 5 nitrogen and oxygen atoms in total. The maximum absolute atomic E-state index is 9.09. The number of nitrogens with zero attached hydrogens (tertiary/aromatic N) is 3. The number of piperidine rings is 1. The van der Waals surface area contributed by atoms with Crippen molar-refractivity contribution in [1.29, 1.82) is 5.26 Å². The lowest BCUT2D eigenvalue weighted by Gasteiger charge is -2.30. The molecule has 1 saturated heterocycles. The minimum absolute atomic E-state index is 0.316. The van der Waals surface area contributed by atoms with Crippen LogP contribution >= 0.6 is 0 Å². The molecule has 0 aromatic carbocycles. The quantitative estimate of drug-likeness (QED) is 0.828. The van der Waals surface area contributed by atoms with Gasteiger partial charge < -0.3 is 15.3 Å². The summed E-state index contributed by atoms with van der Waals surface area (Å²) >= 11 is 0. The van der Waals surface area contributed by atoms with Crippen molar-refractivity contribution < 1.29 is 5.11 Å². The molecule has 0 atom stereocenters. The highest BCUT2D eigenvalue weighted by atomic mass is 16.3. The van der Waals surface area contributed by atoms with Crippen molar-refractivity contribution in [3.05, 3.63) is 23.9 Å². The van der Waals surface area contributed by atoms with E-state index in [1.54, 1.807) is 18.3 Å². The van der Waals surface area contributed by atoms with Gasteiger partial charge in [0.1, 0.15) is 5.82 Å². The van der Waals surface area contributed by atoms with Crippen molar-refractivity contribution in [3.63, 3.8) is 0 Å². The molecule has 0 radical (unpaired) electrons. The first-order valence-electron chi connectivity index (χ1n) is 6.75. The fraction of sp³-hybridized carbons (Fsp3) is 0.571. The molecule has 0 bridgehead atoms. The van der Waals surface area contributed by atoms with Crippen molar-refractivity contribution >= 4 is 5.82 Å². The summed E-state index contributed by atoms with van der Waals surface area (Å²) in [5.41, 5.74) is 0.626. The fourth-order valence-electron chi connectivity index (χ4n) is 2.33. The minimum atomic E-state index is 0.316. The Labute approximate surface area is 113 Å². The van der Waals surface area contributed by atoms with Gasteiger partial charge in [0.25, 0.3) is 0 Å². The monoisotopic (exact) mass is 260 g/mol. The van der Waals surface area contributed by atoms with Crippen molar-refractivity contribution in [3.8, 4) is 6.07 Å². The molecule has 1 aromatic heterocycles. The molecule has 0 spiro atoms. The van der Waals surface area contributed by atoms with Gasteiger partial charge >= 0.3 is 0 Å². The molecule has 2 rings (SSSR count). The third-order valence-electron chi connectivity index (χ3n) is 3.59. The molecule has 5 heteroatoms. The van der Waals surface area contributed by atoms with Gasteiger partial charge in [-0.05, 0) is 44.0 Å². The van der Waals surface area contributed by atoms with Crippen LogP contribution < -0.4 is 5.32 Å². The predicted octanol–water partition coefficient (Wildman–Crippen LogP) is 1.07. The standard InChI is InChI=1S/C14H20N4O/c15-10-13-1-4-16-14(9-13)17-5-8-18-6-2-12(11-19)3-7-18/h1,4,9,12,19H,2-3,5-8,11H2,(H,16,17). The smallest absolute Gasteiger partial charge is 0.127 e. The molecule has 1 aliphatic heterocycles. The zero-order valence-corrected chi connectivity index (χ0v) is 11.0. The van der Waals surface area contributed by atoms with Gasteiger partial charge in [-0.1, -0.05) is 0 Å². The van der Waals surface area contributed by atoms with Crippen LogP contribution in [0.25, 0.3) is 0 Å². The summed E-state index contributed by atoms with van der Waals surface area (Å²) in [7, 11) is 0. The third-order valence-corrected chi connectivity index (χ3v) is 3.59. The summed E-state index contributed by atoms with van der Waals surface area (Å²) in [4.78, 5) is 6.58. The van der Waals surface area contributed by atoms with E-state index in [2.05, 4.69) is 21.3 Å². The lowest BCUT2D eigenvalue weighted by molar-refractivity contribution is 0.134. The first kappa shape index (κ1) is 13.8. The Morgan fingerprint density at radius 1 is 1.47 bits per heavy atom. The second-order valence-electron chi connectivity index (χ2n) is 4.94. The number of likely N-dealkylation sites (tertiary alicyclic amines) is 1. The first-order chi connectivity index (χ1) is 9.31. The molecular weight excluding hydrogens is 240 g/mol. The van der Waals surface area contributed by atoms with Crippen LogP contribution in [0.5, 0.6) is 0 Å². The second-order valence-corrected chi connectivity index (χ2v) is 4.94. The Bertz CT molecular complexity index is 435. The zero-order valence-electron chi connectivity index (χ0n) is 11.0. The van der Waals surface area contributed by atoms with Crippen LogP contribution in [-0.4, -0.2) is 47.8 Å². The highest BCUT2D eigenvalue weighted by Gasteiger charge is 2.17. The Balaban J connectivity index is 1.70. The summed E-state index contributed by atoms with van der Waals surface area (Å²) < 4.78 is 0. The van der Waals surface area contributed by atoms with Gasteiger partial charge in [0, 0.05) is 25.9 Å². The molecule has 19 heavy (non-hydrogen) atoms. The van der Waals surface area contributed by atoms with E-state index in [4.69, 9.17) is 10.4 Å². The number of aromatic nitrogens is 1. The molecule has 0 saturated carbocycles. The Morgan fingerprint density at radius 2 is 2.26 bits per heavy atom. The lowest BCUT2D eigenvalue weighted by Crippen LogP contribution is -2.37. The molecule has 0 aliphatic carbocycles. The fourth-order valence-corrected chi connectivity index (χ4v) is 2.33. The van der Waals surface area contributed by atoms with E-state index in [1.165, 1.54) is 0 Å². The molecule has 1 fully saturated rings. The van der Waals surface area contributed by atoms with Crippen LogP contribution in [0.2, 0.25) is 0 Å². The summed E-state index contributed by atoms with van der Waals surface area (Å²) in [5, 5.41) is 21.1. The highest BCUT2D eigenvalue weighted by molar-refractivity contribution is 5.42. The Hall–Kier alpha value is -1.64. The van der Waals surface area contributed by atoms with Crippen molar-refractivity contribution in [2.24, 2.45) is 5.92 Å². The van der Waals surface area contributed by atoms with E-state index in [-0.39, 0.29) is 0 Å². The summed E-state index contributed by atoms with van der Waals surface area (Å²) in [6.07, 6.45) is 3.81. The van der Waals surface area contributed by atoms with Crippen LogP contribution in [0.3, 0.4) is 0 Å². The van der Waals surface area contributed by atoms with Crippen LogP contribution in [0, 0.1) is 17.2 Å². The number of rotatable bonds is 5. The van der Waals surface area contributed by atoms with Crippen molar-refractivity contribution in [2.75, 3.05) is 38.1 Å². The highest BCUT2D eigenvalue weighted by Crippen LogP contribution is 2.15. The molecule has 1 aromatic rings. The largest absolute Gasteiger partial charge is 0.396 e. The van der Waals surface area contributed by atoms with Crippen LogP contribution in [-0.2, 0) is 0 Å². The first-order valence-corrected chi connectivity index (χ1v) is 6.75. The number of hydrogen-bond donors (Lipinski definition) is 2. The normalized spacial score (nSPS) is 17.1. The van der Waals surface area contributed by atoms with E-state index in [9.17, 15) is 0 Å². The molecule has 0 unspecified atom stereocenters. The van der Waals surface area contributed by atoms with Crippen LogP contribution in [0.1, 0.15) is 18.4 Å². The average molecular weight is 260 g/mol. The Kier molecular flexibility index (Phi) is 5.13. The van der Waals surface area contributed by atoms with Gasteiger partial charge in [0.05, 0.1) is 11.6 Å².